The minimum absolute atomic E-state index is 0.178. The molecule has 0 amide bonds. The molecular formula is C28H46INO4S. The summed E-state index contributed by atoms with van der Waals surface area (Å²) >= 11 is 2.19. The second-order valence-electron chi connectivity index (χ2n) is 9.88. The molecule has 0 radical (unpaired) electrons. The number of benzene rings is 1. The zero-order chi connectivity index (χ0) is 25.8. The lowest BCUT2D eigenvalue weighted by Crippen LogP contribution is -2.49. The maximum absolute atomic E-state index is 10.4. The van der Waals surface area contributed by atoms with E-state index in [9.17, 15) is 13.0 Å². The number of quaternary nitrogens is 1. The normalized spacial score (nSPS) is 15.3. The molecule has 1 fully saturated rings. The van der Waals surface area contributed by atoms with E-state index in [0.717, 1.165) is 18.5 Å². The molecule has 0 aromatic heterocycles. The van der Waals surface area contributed by atoms with Crippen molar-refractivity contribution in [2.75, 3.05) is 32.8 Å². The van der Waals surface area contributed by atoms with Gasteiger partial charge in [0, 0.05) is 29.2 Å². The van der Waals surface area contributed by atoms with E-state index in [1.54, 1.807) is 12.1 Å². The molecule has 1 heterocycles. The van der Waals surface area contributed by atoms with Gasteiger partial charge in [0.1, 0.15) is 16.7 Å². The number of hydrogen-bond acceptors (Lipinski definition) is 4. The van der Waals surface area contributed by atoms with Crippen LogP contribution in [0.4, 0.5) is 0 Å². The number of aryl methyl sites for hydroxylation is 1. The highest BCUT2D eigenvalue weighted by molar-refractivity contribution is 14.1. The first-order valence-corrected chi connectivity index (χ1v) is 15.9. The van der Waals surface area contributed by atoms with E-state index in [2.05, 4.69) is 32.4 Å². The van der Waals surface area contributed by atoms with Gasteiger partial charge in [-0.25, -0.2) is 8.42 Å². The second kappa shape index (κ2) is 19.5. The van der Waals surface area contributed by atoms with Crippen LogP contribution < -0.4 is 0 Å². The zero-order valence-electron chi connectivity index (χ0n) is 21.6. The number of unbranched alkanes of at least 4 members (excludes halogenated alkanes) is 9. The Morgan fingerprint density at radius 3 is 1.80 bits per heavy atom. The average Bonchev–Trinajstić information content (AvgIpc) is 3.07. The van der Waals surface area contributed by atoms with Gasteiger partial charge in [0.15, 0.2) is 0 Å². The van der Waals surface area contributed by atoms with Crippen LogP contribution in [0.2, 0.25) is 0 Å². The molecule has 1 saturated heterocycles. The quantitative estimate of drug-likeness (QED) is 0.0841. The number of aliphatic hydroxyl groups is 1. The van der Waals surface area contributed by atoms with Crippen LogP contribution in [0, 0.1) is 16.8 Å². The molecule has 2 rings (SSSR count). The molecule has 200 valence electrons. The maximum atomic E-state index is 10.4. The van der Waals surface area contributed by atoms with Gasteiger partial charge in [-0.2, -0.15) is 0 Å². The van der Waals surface area contributed by atoms with Crippen molar-refractivity contribution in [1.29, 1.82) is 0 Å². The van der Waals surface area contributed by atoms with E-state index in [1.165, 1.54) is 120 Å². The molecule has 0 aliphatic carbocycles. The highest BCUT2D eigenvalue weighted by atomic mass is 127. The van der Waals surface area contributed by atoms with Crippen LogP contribution in [-0.2, 0) is 10.1 Å². The van der Waals surface area contributed by atoms with Gasteiger partial charge >= 0.3 is 0 Å². The number of likely N-dealkylation sites (tertiary alicyclic amines) is 1. The molecule has 0 unspecified atom stereocenters. The van der Waals surface area contributed by atoms with Gasteiger partial charge in [-0.15, -0.1) is 0 Å². The summed E-state index contributed by atoms with van der Waals surface area (Å²) in [6.07, 6.45) is 18.9. The Morgan fingerprint density at radius 2 is 1.34 bits per heavy atom. The van der Waals surface area contributed by atoms with E-state index < -0.39 is 10.1 Å². The number of rotatable bonds is 14. The lowest BCUT2D eigenvalue weighted by atomic mass is 10.1. The van der Waals surface area contributed by atoms with E-state index in [1.807, 2.05) is 6.92 Å². The largest absolute Gasteiger partial charge is 0.744 e. The Kier molecular flexibility index (Phi) is 18.0. The first kappa shape index (κ1) is 32.4. The number of halogens is 1. The second-order valence-corrected chi connectivity index (χ2v) is 11.8. The lowest BCUT2D eigenvalue weighted by molar-refractivity contribution is -0.921. The molecule has 0 spiro atoms. The fraction of sp³-hybridized carbons (Fsp3) is 0.714. The van der Waals surface area contributed by atoms with Crippen molar-refractivity contribution in [2.45, 2.75) is 102 Å². The number of hydrogen-bond donors (Lipinski definition) is 1. The molecule has 1 aromatic carbocycles. The summed E-state index contributed by atoms with van der Waals surface area (Å²) < 4.78 is 35.5. The first-order valence-electron chi connectivity index (χ1n) is 13.4. The van der Waals surface area contributed by atoms with Crippen molar-refractivity contribution in [2.24, 2.45) is 0 Å². The van der Waals surface area contributed by atoms with Gasteiger partial charge < -0.3 is 14.1 Å². The molecule has 0 saturated carbocycles. The maximum Gasteiger partial charge on any atom is 0.141 e. The van der Waals surface area contributed by atoms with Gasteiger partial charge in [0.25, 0.3) is 0 Å². The summed E-state index contributed by atoms with van der Waals surface area (Å²) in [6.45, 7) is 7.34. The summed E-state index contributed by atoms with van der Waals surface area (Å²) in [6, 6.07) is 5.78. The Hall–Kier alpha value is -0.660. The van der Waals surface area contributed by atoms with Crippen LogP contribution in [0.15, 0.2) is 29.2 Å². The summed E-state index contributed by atoms with van der Waals surface area (Å²) in [5.41, 5.74) is 0.928. The fourth-order valence-corrected chi connectivity index (χ4v) is 5.34. The van der Waals surface area contributed by atoms with Gasteiger partial charge in [-0.05, 0) is 73.8 Å². The smallest absolute Gasteiger partial charge is 0.141 e. The third-order valence-corrected chi connectivity index (χ3v) is 8.08. The van der Waals surface area contributed by atoms with Gasteiger partial charge in [-0.1, -0.05) is 62.6 Å². The summed E-state index contributed by atoms with van der Waals surface area (Å²) in [5, 5.41) is 8.76. The molecule has 1 aromatic rings. The van der Waals surface area contributed by atoms with Crippen LogP contribution in [0.1, 0.15) is 95.5 Å². The van der Waals surface area contributed by atoms with Crippen molar-refractivity contribution in [3.8, 4) is 9.85 Å². The van der Waals surface area contributed by atoms with Crippen LogP contribution in [0.5, 0.6) is 0 Å². The Bertz CT molecular complexity index is 823. The van der Waals surface area contributed by atoms with E-state index in [0.29, 0.717) is 6.61 Å². The number of nitrogens with zero attached hydrogens (tertiary/aromatic N) is 1. The summed E-state index contributed by atoms with van der Waals surface area (Å²) in [5.74, 6) is 3.37. The highest BCUT2D eigenvalue weighted by Gasteiger charge is 2.27. The highest BCUT2D eigenvalue weighted by Crippen LogP contribution is 2.20. The van der Waals surface area contributed by atoms with Gasteiger partial charge in [-0.3, -0.25) is 0 Å². The van der Waals surface area contributed by atoms with Crippen LogP contribution in [0.3, 0.4) is 0 Å². The minimum atomic E-state index is -4.27. The zero-order valence-corrected chi connectivity index (χ0v) is 24.6. The predicted molar refractivity (Wildman–Crippen MR) is 152 cm³/mol. The van der Waals surface area contributed by atoms with E-state index in [4.69, 9.17) is 5.11 Å². The standard InChI is InChI=1S/C21H39INO.C7H8O3S/c22-16-15-20-23(18-12-8-9-13-19-23)17-11-7-5-3-1-2-4-6-10-14-21-24;1-6-2-4-7(5-3-6)11(8,9)10/h24H,1-14,17-21H2;2-5H,1H3,(H,8,9,10)/q+1;/p-1. The van der Waals surface area contributed by atoms with Crippen LogP contribution in [-0.4, -0.2) is 55.3 Å². The van der Waals surface area contributed by atoms with Crippen molar-refractivity contribution >= 4 is 32.7 Å². The molecule has 1 N–H and O–H groups in total. The molecule has 7 heteroatoms. The molecule has 0 bridgehead atoms. The van der Waals surface area contributed by atoms with E-state index >= 15 is 0 Å². The molecule has 5 nitrogen and oxygen atoms in total. The summed E-state index contributed by atoms with van der Waals surface area (Å²) in [4.78, 5) is -0.178. The number of aliphatic hydroxyl groups excluding tert-OH is 1. The Morgan fingerprint density at radius 1 is 0.857 bits per heavy atom. The molecule has 1 aliphatic heterocycles. The third kappa shape index (κ3) is 15.9. The monoisotopic (exact) mass is 619 g/mol. The van der Waals surface area contributed by atoms with Crippen LogP contribution >= 0.6 is 22.6 Å². The van der Waals surface area contributed by atoms with Gasteiger partial charge in [0.2, 0.25) is 0 Å². The third-order valence-electron chi connectivity index (χ3n) is 6.85. The van der Waals surface area contributed by atoms with Crippen molar-refractivity contribution < 1.29 is 22.6 Å². The Labute approximate surface area is 228 Å². The lowest BCUT2D eigenvalue weighted by Gasteiger charge is -2.36. The Balaban J connectivity index is 0.000000462. The van der Waals surface area contributed by atoms with Crippen molar-refractivity contribution in [3.05, 3.63) is 29.8 Å². The summed E-state index contributed by atoms with van der Waals surface area (Å²) in [7, 11) is -4.27. The minimum Gasteiger partial charge on any atom is -0.744 e. The molecule has 1 aliphatic rings. The van der Waals surface area contributed by atoms with Crippen molar-refractivity contribution in [3.63, 3.8) is 0 Å². The first-order chi connectivity index (χ1) is 16.8. The molecule has 0 atom stereocenters. The predicted octanol–water partition coefficient (Wildman–Crippen LogP) is 6.57. The van der Waals surface area contributed by atoms with E-state index in [-0.39, 0.29) is 4.90 Å². The fourth-order valence-electron chi connectivity index (χ4n) is 4.70. The SMILES string of the molecule is Cc1ccc(S(=O)(=O)[O-])cc1.OCCCCCCCCCCCC[N+]1(CC#CI)CCCCCC1. The average molecular weight is 620 g/mol. The molecular weight excluding hydrogens is 573 g/mol. The van der Waals surface area contributed by atoms with Crippen molar-refractivity contribution in [1.82, 2.24) is 0 Å². The van der Waals surface area contributed by atoms with Gasteiger partial charge in [0.05, 0.1) is 24.5 Å². The molecule has 35 heavy (non-hydrogen) atoms. The van der Waals surface area contributed by atoms with Crippen LogP contribution in [0.25, 0.3) is 0 Å². The topological polar surface area (TPSA) is 77.4 Å².